The first-order valence-electron chi connectivity index (χ1n) is 8.08. The molecular weight excluding hydrogens is 374 g/mol. The fraction of sp³-hybridized carbons (Fsp3) is 0.167. The zero-order chi connectivity index (χ0) is 20.7. The Morgan fingerprint density at radius 1 is 1.21 bits per heavy atom. The number of nitrogens with zero attached hydrogens (tertiary/aromatic N) is 3. The molecule has 0 fully saturated rings. The average Bonchev–Trinajstić information content (AvgIpc) is 2.59. The fourth-order valence-electron chi connectivity index (χ4n) is 3.22. The van der Waals surface area contributed by atoms with Crippen molar-refractivity contribution in [2.75, 3.05) is 24.5 Å². The molecule has 1 heterocycles. The van der Waals surface area contributed by atoms with Gasteiger partial charge in [-0.2, -0.15) is 0 Å². The van der Waals surface area contributed by atoms with Crippen LogP contribution in [-0.4, -0.2) is 35.0 Å². The lowest BCUT2D eigenvalue weighted by Gasteiger charge is -2.38. The van der Waals surface area contributed by atoms with E-state index in [1.165, 1.54) is 12.1 Å². The predicted octanol–water partition coefficient (Wildman–Crippen LogP) is 3.67. The number of nitro benzene ring substituents is 1. The largest absolute Gasteiger partial charge is 0.478 e. The topological polar surface area (TPSA) is 99.0 Å². The van der Waals surface area contributed by atoms with Crippen molar-refractivity contribution in [3.05, 3.63) is 69.0 Å². The van der Waals surface area contributed by atoms with Crippen molar-refractivity contribution < 1.29 is 23.6 Å². The maximum absolute atomic E-state index is 13.8. The van der Waals surface area contributed by atoms with E-state index in [0.29, 0.717) is 29.1 Å². The van der Waals surface area contributed by atoms with Crippen LogP contribution in [0.5, 0.6) is 0 Å². The van der Waals surface area contributed by atoms with Gasteiger partial charge in [0, 0.05) is 25.2 Å². The van der Waals surface area contributed by atoms with E-state index in [1.807, 2.05) is 0 Å². The second kappa shape index (κ2) is 6.80. The van der Waals surface area contributed by atoms with Gasteiger partial charge < -0.3 is 10.0 Å². The first kappa shape index (κ1) is 19.1. The standard InChI is InChI=1S/C18H16F2N4O4/c1-9-12-5-4-10(19)7-14(12)21-23(17(9)22(2)3)16-13(18(25)26)6-11(20)8-15(16)24(27)28/h4-8,21H,1-3H3,(H,25,26). The lowest BCUT2D eigenvalue weighted by molar-refractivity contribution is -0.384. The number of anilines is 2. The number of hydrazine groups is 1. The van der Waals surface area contributed by atoms with Gasteiger partial charge in [0.1, 0.15) is 17.5 Å². The number of halogens is 2. The average molecular weight is 390 g/mol. The summed E-state index contributed by atoms with van der Waals surface area (Å²) in [7, 11) is 3.33. The summed E-state index contributed by atoms with van der Waals surface area (Å²) in [6, 6.07) is 5.36. The number of carbonyl (C=O) groups is 1. The number of hydrogen-bond acceptors (Lipinski definition) is 6. The molecule has 0 saturated heterocycles. The lowest BCUT2D eigenvalue weighted by Crippen LogP contribution is -2.40. The molecule has 0 aromatic heterocycles. The second-order valence-electron chi connectivity index (χ2n) is 6.36. The van der Waals surface area contributed by atoms with E-state index in [0.717, 1.165) is 5.01 Å². The Balaban J connectivity index is 2.36. The highest BCUT2D eigenvalue weighted by Crippen LogP contribution is 2.42. The number of allylic oxidation sites excluding steroid dienone is 1. The molecule has 0 spiro atoms. The fourth-order valence-corrected chi connectivity index (χ4v) is 3.22. The lowest BCUT2D eigenvalue weighted by atomic mass is 10.0. The van der Waals surface area contributed by atoms with Crippen molar-refractivity contribution in [1.29, 1.82) is 0 Å². The van der Waals surface area contributed by atoms with Crippen molar-refractivity contribution in [2.45, 2.75) is 6.92 Å². The van der Waals surface area contributed by atoms with E-state index in [4.69, 9.17) is 0 Å². The minimum Gasteiger partial charge on any atom is -0.478 e. The van der Waals surface area contributed by atoms with Crippen molar-refractivity contribution in [2.24, 2.45) is 0 Å². The maximum Gasteiger partial charge on any atom is 0.338 e. The maximum atomic E-state index is 13.8. The molecule has 0 saturated carbocycles. The van der Waals surface area contributed by atoms with E-state index in [2.05, 4.69) is 5.43 Å². The molecule has 2 aromatic carbocycles. The van der Waals surface area contributed by atoms with Gasteiger partial charge >= 0.3 is 5.97 Å². The third kappa shape index (κ3) is 3.08. The number of aromatic carboxylic acids is 1. The van der Waals surface area contributed by atoms with Crippen LogP contribution in [0.25, 0.3) is 5.57 Å². The van der Waals surface area contributed by atoms with Crippen LogP contribution < -0.4 is 10.4 Å². The molecule has 146 valence electrons. The molecule has 8 nitrogen and oxygen atoms in total. The summed E-state index contributed by atoms with van der Waals surface area (Å²) < 4.78 is 27.6. The number of fused-ring (bicyclic) bond motifs is 1. The Hall–Kier alpha value is -3.69. The molecule has 0 aliphatic carbocycles. The molecule has 1 aliphatic rings. The van der Waals surface area contributed by atoms with Gasteiger partial charge in [-0.25, -0.2) is 18.6 Å². The molecular formula is C18H16F2N4O4. The van der Waals surface area contributed by atoms with Crippen LogP contribution in [-0.2, 0) is 0 Å². The van der Waals surface area contributed by atoms with E-state index in [9.17, 15) is 28.8 Å². The SMILES string of the molecule is CC1=C(N(C)C)N(c2c(C(=O)O)cc(F)cc2[N+](=O)[O-])Nc2cc(F)ccc21. The number of benzene rings is 2. The number of nitrogens with one attached hydrogen (secondary N) is 1. The van der Waals surface area contributed by atoms with Crippen molar-refractivity contribution in [1.82, 2.24) is 4.90 Å². The van der Waals surface area contributed by atoms with Crippen LogP contribution in [0, 0.1) is 21.7 Å². The van der Waals surface area contributed by atoms with Gasteiger partial charge in [0.05, 0.1) is 22.2 Å². The van der Waals surface area contributed by atoms with Gasteiger partial charge in [0.15, 0.2) is 5.69 Å². The summed E-state index contributed by atoms with van der Waals surface area (Å²) in [6.07, 6.45) is 0. The van der Waals surface area contributed by atoms with E-state index >= 15 is 0 Å². The Morgan fingerprint density at radius 2 is 1.89 bits per heavy atom. The third-order valence-corrected chi connectivity index (χ3v) is 4.29. The van der Waals surface area contributed by atoms with Gasteiger partial charge in [-0.3, -0.25) is 15.5 Å². The molecule has 1 aliphatic heterocycles. The first-order chi connectivity index (χ1) is 13.1. The van der Waals surface area contributed by atoms with Gasteiger partial charge in [-0.15, -0.1) is 0 Å². The minimum atomic E-state index is -1.54. The number of carboxylic acid groups (broad SMARTS) is 1. The highest BCUT2D eigenvalue weighted by Gasteiger charge is 2.34. The molecule has 0 atom stereocenters. The summed E-state index contributed by atoms with van der Waals surface area (Å²) in [5, 5.41) is 22.2. The van der Waals surface area contributed by atoms with Crippen molar-refractivity contribution >= 4 is 28.6 Å². The summed E-state index contributed by atoms with van der Waals surface area (Å²) >= 11 is 0. The highest BCUT2D eigenvalue weighted by atomic mass is 19.1. The first-order valence-corrected chi connectivity index (χ1v) is 8.08. The number of carboxylic acids is 1. The van der Waals surface area contributed by atoms with Crippen molar-refractivity contribution in [3.63, 3.8) is 0 Å². The predicted molar refractivity (Wildman–Crippen MR) is 98.8 cm³/mol. The third-order valence-electron chi connectivity index (χ3n) is 4.29. The molecule has 2 N–H and O–H groups in total. The molecule has 10 heteroatoms. The minimum absolute atomic E-state index is 0.290. The number of nitro groups is 1. The molecule has 28 heavy (non-hydrogen) atoms. The smallest absolute Gasteiger partial charge is 0.338 e. The van der Waals surface area contributed by atoms with E-state index < -0.39 is 33.8 Å². The quantitative estimate of drug-likeness (QED) is 0.607. The molecule has 0 amide bonds. The van der Waals surface area contributed by atoms with Crippen LogP contribution in [0.1, 0.15) is 22.8 Å². The summed E-state index contributed by atoms with van der Waals surface area (Å²) in [5.74, 6) is -2.75. The van der Waals surface area contributed by atoms with Gasteiger partial charge in [0.2, 0.25) is 0 Å². The summed E-state index contributed by atoms with van der Waals surface area (Å²) in [5.41, 5.74) is 2.67. The van der Waals surface area contributed by atoms with Gasteiger partial charge in [-0.1, -0.05) is 0 Å². The summed E-state index contributed by atoms with van der Waals surface area (Å²) in [6.45, 7) is 1.72. The Kier molecular flexibility index (Phi) is 4.63. The van der Waals surface area contributed by atoms with Gasteiger partial charge in [-0.05, 0) is 31.2 Å². The van der Waals surface area contributed by atoms with Gasteiger partial charge in [0.25, 0.3) is 5.69 Å². The monoisotopic (exact) mass is 390 g/mol. The van der Waals surface area contributed by atoms with E-state index in [1.54, 1.807) is 32.0 Å². The normalized spacial score (nSPS) is 13.1. The summed E-state index contributed by atoms with van der Waals surface area (Å²) in [4.78, 5) is 24.0. The zero-order valence-electron chi connectivity index (χ0n) is 15.2. The van der Waals surface area contributed by atoms with Crippen LogP contribution >= 0.6 is 0 Å². The molecule has 2 aromatic rings. The van der Waals surface area contributed by atoms with Crippen molar-refractivity contribution in [3.8, 4) is 0 Å². The highest BCUT2D eigenvalue weighted by molar-refractivity contribution is 5.99. The molecule has 0 unspecified atom stereocenters. The van der Waals surface area contributed by atoms with Crippen LogP contribution in [0.3, 0.4) is 0 Å². The number of hydrogen-bond donors (Lipinski definition) is 2. The number of rotatable bonds is 4. The second-order valence-corrected chi connectivity index (χ2v) is 6.36. The van der Waals surface area contributed by atoms with E-state index in [-0.39, 0.29) is 11.4 Å². The Bertz CT molecular complexity index is 1000. The molecule has 0 bridgehead atoms. The Labute approximate surface area is 158 Å². The Morgan fingerprint density at radius 3 is 2.46 bits per heavy atom. The van der Waals surface area contributed by atoms with Crippen LogP contribution in [0.4, 0.5) is 25.8 Å². The van der Waals surface area contributed by atoms with Crippen LogP contribution in [0.2, 0.25) is 0 Å². The van der Waals surface area contributed by atoms with Crippen LogP contribution in [0.15, 0.2) is 36.2 Å². The molecule has 0 radical (unpaired) electrons. The molecule has 3 rings (SSSR count). The zero-order valence-corrected chi connectivity index (χ0v) is 15.2.